The highest BCUT2D eigenvalue weighted by atomic mass is 32.1. The Bertz CT molecular complexity index is 3610. The van der Waals surface area contributed by atoms with Crippen LogP contribution in [0.4, 0.5) is 11.4 Å². The van der Waals surface area contributed by atoms with Gasteiger partial charge < -0.3 is 9.88 Å². The zero-order valence-corrected chi connectivity index (χ0v) is 37.1. The first-order chi connectivity index (χ1) is 29.9. The van der Waals surface area contributed by atoms with Crippen molar-refractivity contribution in [1.82, 2.24) is 4.57 Å². The summed E-state index contributed by atoms with van der Waals surface area (Å²) < 4.78 is 5.27. The Labute approximate surface area is 368 Å². The molecule has 0 amide bonds. The molecule has 297 valence electrons. The molecule has 1 radical (unpaired) electrons. The number of hydrogen-bond acceptors (Lipinski definition) is 2. The highest BCUT2D eigenvalue weighted by Crippen LogP contribution is 2.53. The van der Waals surface area contributed by atoms with E-state index in [1.807, 2.05) is 11.3 Å². The lowest BCUT2D eigenvalue weighted by Crippen LogP contribution is -2.38. The van der Waals surface area contributed by atoms with Gasteiger partial charge in [-0.1, -0.05) is 151 Å². The zero-order chi connectivity index (χ0) is 42.0. The molecule has 1 aliphatic heterocycles. The van der Waals surface area contributed by atoms with E-state index in [9.17, 15) is 0 Å². The molecule has 8 aromatic carbocycles. The summed E-state index contributed by atoms with van der Waals surface area (Å²) in [5.41, 5.74) is 23.1. The maximum Gasteiger partial charge on any atom is 0.197 e. The molecule has 1 N–H and O–H groups in total. The molecule has 0 atom stereocenters. The molecule has 2 aliphatic carbocycles. The van der Waals surface area contributed by atoms with Gasteiger partial charge in [-0.25, -0.2) is 0 Å². The van der Waals surface area contributed by atoms with Crippen LogP contribution in [0.1, 0.15) is 76.3 Å². The van der Waals surface area contributed by atoms with Crippen molar-refractivity contribution in [3.05, 3.63) is 173 Å². The Hall–Kier alpha value is -6.36. The van der Waals surface area contributed by atoms with Crippen LogP contribution in [0.3, 0.4) is 0 Å². The van der Waals surface area contributed by atoms with E-state index in [2.05, 4.69) is 211 Å². The molecule has 0 fully saturated rings. The molecule has 3 aliphatic rings. The van der Waals surface area contributed by atoms with E-state index in [0.717, 1.165) is 11.4 Å². The van der Waals surface area contributed by atoms with Crippen molar-refractivity contribution in [1.29, 1.82) is 0 Å². The van der Waals surface area contributed by atoms with Crippen LogP contribution in [0.15, 0.2) is 146 Å². The number of nitrogens with zero attached hydrogens (tertiary/aromatic N) is 1. The summed E-state index contributed by atoms with van der Waals surface area (Å²) in [6.45, 7) is 16.4. The maximum atomic E-state index is 3.99. The highest BCUT2D eigenvalue weighted by molar-refractivity contribution is 7.25. The van der Waals surface area contributed by atoms with Crippen LogP contribution < -0.4 is 16.2 Å². The summed E-state index contributed by atoms with van der Waals surface area (Å²) in [5, 5.41) is 9.25. The number of aromatic nitrogens is 1. The molecule has 0 saturated heterocycles. The number of thiophene rings is 1. The smallest absolute Gasteiger partial charge is 0.197 e. The lowest BCUT2D eigenvalue weighted by molar-refractivity contribution is 0.590. The van der Waals surface area contributed by atoms with Gasteiger partial charge in [0.1, 0.15) is 0 Å². The van der Waals surface area contributed by atoms with Crippen molar-refractivity contribution in [2.45, 2.75) is 64.7 Å². The summed E-state index contributed by atoms with van der Waals surface area (Å²) in [6.07, 6.45) is 0. The Balaban J connectivity index is 1.11. The van der Waals surface area contributed by atoms with Crippen molar-refractivity contribution >= 4 is 82.9 Å². The van der Waals surface area contributed by atoms with Gasteiger partial charge in [-0.15, -0.1) is 11.3 Å². The Morgan fingerprint density at radius 2 is 1.18 bits per heavy atom. The number of nitrogens with one attached hydrogen (secondary N) is 1. The molecule has 0 spiro atoms. The topological polar surface area (TPSA) is 17.0 Å². The van der Waals surface area contributed by atoms with Gasteiger partial charge in [-0.2, -0.15) is 0 Å². The maximum absolute atomic E-state index is 3.99. The summed E-state index contributed by atoms with van der Waals surface area (Å²) in [4.78, 5) is 0. The van der Waals surface area contributed by atoms with Crippen LogP contribution in [0.5, 0.6) is 0 Å². The van der Waals surface area contributed by atoms with Gasteiger partial charge in [0.25, 0.3) is 0 Å². The van der Waals surface area contributed by atoms with Gasteiger partial charge in [0, 0.05) is 69.9 Å². The third-order valence-corrected chi connectivity index (χ3v) is 15.9. The average Bonchev–Trinajstić information content (AvgIpc) is 3.93. The minimum atomic E-state index is -0.130. The first-order valence-electron chi connectivity index (χ1n) is 22.1. The summed E-state index contributed by atoms with van der Waals surface area (Å²) in [6, 6.07) is 55.7. The van der Waals surface area contributed by atoms with Gasteiger partial charge in [0.15, 0.2) is 7.28 Å². The lowest BCUT2D eigenvalue weighted by atomic mass is 9.58. The second kappa shape index (κ2) is 12.2. The molecule has 10 aromatic rings. The van der Waals surface area contributed by atoms with Crippen LogP contribution in [0.2, 0.25) is 0 Å². The van der Waals surface area contributed by atoms with E-state index in [-0.39, 0.29) is 16.2 Å². The Morgan fingerprint density at radius 3 is 1.90 bits per heavy atom. The van der Waals surface area contributed by atoms with E-state index in [1.54, 1.807) is 0 Å². The summed E-state index contributed by atoms with van der Waals surface area (Å²) in [5.74, 6) is 0. The standard InChI is InChI=1S/C58H46BN2S/c1-56(2,3)32-20-22-33(23-21-32)60-49-30-47-39(34-14-8-11-17-44(34)58(47,6)7)26-41(49)37-24-25-38-42-27-43-36-16-10-13-19-52(36)62-53(43)31-50(42)61-51-28-40-35-15-9-12-18-45(35)57(4,5)46(40)29-48(51)59-54(37)55(38)61/h8-31,60H,1-7H3. The second-order valence-corrected chi connectivity index (χ2v) is 21.1. The zero-order valence-electron chi connectivity index (χ0n) is 36.3. The molecule has 4 heteroatoms. The number of benzene rings is 8. The molecule has 2 aromatic heterocycles. The fraction of sp³-hybridized carbons (Fsp3) is 0.172. The third-order valence-electron chi connectivity index (χ3n) is 14.8. The lowest BCUT2D eigenvalue weighted by Gasteiger charge is -2.27. The molecule has 0 saturated carbocycles. The first-order valence-corrected chi connectivity index (χ1v) is 22.9. The third kappa shape index (κ3) is 4.82. The van der Waals surface area contributed by atoms with Crippen molar-refractivity contribution in [2.24, 2.45) is 0 Å². The summed E-state index contributed by atoms with van der Waals surface area (Å²) >= 11 is 1.90. The largest absolute Gasteiger partial charge is 0.355 e. The molecular weight excluding hydrogens is 768 g/mol. The molecule has 0 bridgehead atoms. The van der Waals surface area contributed by atoms with Crippen LogP contribution in [0.25, 0.3) is 81.0 Å². The Kier molecular flexibility index (Phi) is 7.13. The van der Waals surface area contributed by atoms with Crippen LogP contribution in [-0.2, 0) is 16.2 Å². The van der Waals surface area contributed by atoms with E-state index in [0.29, 0.717) is 0 Å². The SMILES string of the molecule is CC(C)(C)c1ccc(Nc2cc3c(cc2-c2ccc4c5cc6c(cc5n5c4c2[B]c2cc4c(cc2-5)-c2ccccc2C4(C)C)sc2ccccc26)-c2ccccc2C3(C)C)cc1. The molecule has 13 rings (SSSR count). The fourth-order valence-electron chi connectivity index (χ4n) is 11.5. The van der Waals surface area contributed by atoms with Gasteiger partial charge >= 0.3 is 0 Å². The van der Waals surface area contributed by atoms with E-state index < -0.39 is 0 Å². The number of hydrogen-bond donors (Lipinski definition) is 1. The average molecular weight is 814 g/mol. The van der Waals surface area contributed by atoms with Crippen molar-refractivity contribution in [2.75, 3.05) is 5.32 Å². The molecule has 0 unspecified atom stereocenters. The minimum Gasteiger partial charge on any atom is -0.355 e. The van der Waals surface area contributed by atoms with E-state index in [4.69, 9.17) is 0 Å². The number of anilines is 2. The predicted octanol–water partition coefficient (Wildman–Crippen LogP) is 14.4. The van der Waals surface area contributed by atoms with Gasteiger partial charge in [-0.3, -0.25) is 0 Å². The van der Waals surface area contributed by atoms with E-state index >= 15 is 0 Å². The van der Waals surface area contributed by atoms with Crippen molar-refractivity contribution < 1.29 is 0 Å². The molecule has 3 heterocycles. The van der Waals surface area contributed by atoms with Crippen molar-refractivity contribution in [3.8, 4) is 39.1 Å². The van der Waals surface area contributed by atoms with Crippen molar-refractivity contribution in [3.63, 3.8) is 0 Å². The predicted molar refractivity (Wildman–Crippen MR) is 268 cm³/mol. The normalized spacial score (nSPS) is 15.1. The van der Waals surface area contributed by atoms with Crippen LogP contribution in [-0.4, -0.2) is 11.8 Å². The summed E-state index contributed by atoms with van der Waals surface area (Å²) in [7, 11) is 2.51. The van der Waals surface area contributed by atoms with Crippen LogP contribution >= 0.6 is 11.3 Å². The second-order valence-electron chi connectivity index (χ2n) is 20.1. The minimum absolute atomic E-state index is 0.0794. The number of rotatable bonds is 3. The van der Waals surface area contributed by atoms with E-state index in [1.165, 1.54) is 120 Å². The van der Waals surface area contributed by atoms with Gasteiger partial charge in [0.2, 0.25) is 0 Å². The quantitative estimate of drug-likeness (QED) is 0.176. The first kappa shape index (κ1) is 36.3. The molecular formula is C58H46BN2S. The van der Waals surface area contributed by atoms with Gasteiger partial charge in [0.05, 0.1) is 5.52 Å². The molecule has 62 heavy (non-hydrogen) atoms. The van der Waals surface area contributed by atoms with Crippen LogP contribution in [0, 0.1) is 0 Å². The monoisotopic (exact) mass is 813 g/mol. The Morgan fingerprint density at radius 1 is 0.516 bits per heavy atom. The molecule has 2 nitrogen and oxygen atoms in total. The number of fused-ring (bicyclic) bond motifs is 14. The van der Waals surface area contributed by atoms with Gasteiger partial charge in [-0.05, 0) is 115 Å². The fourth-order valence-corrected chi connectivity index (χ4v) is 12.6. The highest BCUT2D eigenvalue weighted by Gasteiger charge is 2.39.